The lowest BCUT2D eigenvalue weighted by Gasteiger charge is -2.20. The molecule has 3 aromatic rings. The van der Waals surface area contributed by atoms with Gasteiger partial charge in [-0.3, -0.25) is 15.0 Å². The van der Waals surface area contributed by atoms with Crippen LogP contribution in [0.15, 0.2) is 30.5 Å². The number of carboxylic acids is 1. The summed E-state index contributed by atoms with van der Waals surface area (Å²) >= 11 is 0. The minimum Gasteiger partial charge on any atom is -0.492 e. The highest BCUT2D eigenvalue weighted by Crippen LogP contribution is 2.19. The van der Waals surface area contributed by atoms with Gasteiger partial charge in [-0.15, -0.1) is 0 Å². The van der Waals surface area contributed by atoms with Crippen LogP contribution in [0.5, 0.6) is 5.88 Å². The van der Waals surface area contributed by atoms with Crippen LogP contribution < -0.4 is 27.2 Å². The van der Waals surface area contributed by atoms with E-state index < -0.39 is 35.5 Å². The Morgan fingerprint density at radius 1 is 1.05 bits per heavy atom. The van der Waals surface area contributed by atoms with Gasteiger partial charge in [0, 0.05) is 17.7 Å². The van der Waals surface area contributed by atoms with Gasteiger partial charge >= 0.3 is 12.1 Å². The number of amides is 3. The molecule has 0 aliphatic carbocycles. The number of nitrogens with one attached hydrogen (secondary N) is 4. The number of carboxylic acid groups (broad SMARTS) is 1. The molecular formula is C24H29N9O7. The van der Waals surface area contributed by atoms with E-state index in [0.29, 0.717) is 11.4 Å². The number of rotatable bonds is 9. The quantitative estimate of drug-likeness (QED) is 0.181. The molecule has 2 aromatic heterocycles. The van der Waals surface area contributed by atoms with Crippen LogP contribution in [0.3, 0.4) is 0 Å². The number of aromatic nitrogens is 4. The monoisotopic (exact) mass is 555 g/mol. The summed E-state index contributed by atoms with van der Waals surface area (Å²) in [6, 6.07) is 4.84. The third-order valence-electron chi connectivity index (χ3n) is 5.04. The Morgan fingerprint density at radius 2 is 1.75 bits per heavy atom. The normalized spacial score (nSPS) is 11.8. The number of hydrogen-bond donors (Lipinski definition) is 7. The van der Waals surface area contributed by atoms with Crippen molar-refractivity contribution in [2.24, 2.45) is 0 Å². The largest absolute Gasteiger partial charge is 0.492 e. The van der Waals surface area contributed by atoms with Crippen LogP contribution in [-0.2, 0) is 20.9 Å². The summed E-state index contributed by atoms with van der Waals surface area (Å²) in [5.74, 6) is -3.15. The smallest absolute Gasteiger partial charge is 0.426 e. The van der Waals surface area contributed by atoms with Crippen LogP contribution in [0.4, 0.5) is 16.4 Å². The predicted octanol–water partition coefficient (Wildman–Crippen LogP) is 0.839. The van der Waals surface area contributed by atoms with Crippen molar-refractivity contribution in [2.75, 3.05) is 11.1 Å². The second-order valence-corrected chi connectivity index (χ2v) is 9.45. The zero-order valence-electron chi connectivity index (χ0n) is 21.9. The van der Waals surface area contributed by atoms with E-state index in [9.17, 15) is 29.4 Å². The molecule has 0 aliphatic heterocycles. The molecule has 0 unspecified atom stereocenters. The van der Waals surface area contributed by atoms with Crippen molar-refractivity contribution in [1.82, 2.24) is 36.1 Å². The lowest BCUT2D eigenvalue weighted by atomic mass is 10.1. The molecule has 3 rings (SSSR count). The molecule has 0 saturated heterocycles. The maximum absolute atomic E-state index is 12.6. The summed E-state index contributed by atoms with van der Waals surface area (Å²) in [5.41, 5.74) is 10.5. The Morgan fingerprint density at radius 3 is 2.40 bits per heavy atom. The van der Waals surface area contributed by atoms with E-state index in [0.717, 1.165) is 0 Å². The summed E-state index contributed by atoms with van der Waals surface area (Å²) in [5, 5.41) is 24.8. The minimum absolute atomic E-state index is 0.102. The fourth-order valence-corrected chi connectivity index (χ4v) is 3.22. The molecule has 0 saturated carbocycles. The minimum atomic E-state index is -1.35. The number of nitrogens with two attached hydrogens (primary N) is 1. The zero-order chi connectivity index (χ0) is 29.4. The molecule has 212 valence electrons. The van der Waals surface area contributed by atoms with Crippen LogP contribution in [0.2, 0.25) is 0 Å². The van der Waals surface area contributed by atoms with Crippen molar-refractivity contribution in [1.29, 1.82) is 0 Å². The maximum Gasteiger partial charge on any atom is 0.426 e. The molecule has 3 amide bonds. The highest BCUT2D eigenvalue weighted by Gasteiger charge is 2.22. The average molecular weight is 556 g/mol. The van der Waals surface area contributed by atoms with Crippen LogP contribution in [0, 0.1) is 0 Å². The summed E-state index contributed by atoms with van der Waals surface area (Å²) in [6.07, 6.45) is 0.0858. The van der Waals surface area contributed by atoms with Crippen molar-refractivity contribution >= 4 is 46.7 Å². The number of nitrogen functional groups attached to an aromatic ring is 1. The highest BCUT2D eigenvalue weighted by molar-refractivity contribution is 5.97. The van der Waals surface area contributed by atoms with Gasteiger partial charge in [-0.25, -0.2) is 25.0 Å². The van der Waals surface area contributed by atoms with Gasteiger partial charge in [0.15, 0.2) is 11.2 Å². The zero-order valence-corrected chi connectivity index (χ0v) is 21.9. The van der Waals surface area contributed by atoms with Crippen LogP contribution in [0.25, 0.3) is 11.2 Å². The van der Waals surface area contributed by atoms with E-state index >= 15 is 0 Å². The number of ether oxygens (including phenoxy) is 1. The molecule has 0 fully saturated rings. The molecule has 0 bridgehead atoms. The van der Waals surface area contributed by atoms with Crippen LogP contribution in [0.1, 0.15) is 49.7 Å². The number of carbonyl (C=O) groups excluding carboxylic acids is 3. The van der Waals surface area contributed by atoms with E-state index in [1.165, 1.54) is 18.3 Å². The topological polar surface area (TPSA) is 244 Å². The van der Waals surface area contributed by atoms with Gasteiger partial charge in [-0.1, -0.05) is 0 Å². The molecule has 16 heteroatoms. The number of nitrogens with zero attached hydrogens (tertiary/aromatic N) is 4. The lowest BCUT2D eigenvalue weighted by molar-refractivity contribution is -0.139. The van der Waals surface area contributed by atoms with Gasteiger partial charge in [-0.2, -0.15) is 9.97 Å². The molecule has 0 radical (unpaired) electrons. The Balaban J connectivity index is 1.50. The molecule has 0 aliphatic rings. The predicted molar refractivity (Wildman–Crippen MR) is 141 cm³/mol. The van der Waals surface area contributed by atoms with Crippen LogP contribution in [-0.4, -0.2) is 65.7 Å². The van der Waals surface area contributed by atoms with Gasteiger partial charge in [0.2, 0.25) is 17.7 Å². The first-order valence-corrected chi connectivity index (χ1v) is 11.9. The van der Waals surface area contributed by atoms with Gasteiger partial charge < -0.3 is 31.3 Å². The number of aromatic hydroxyl groups is 1. The molecule has 0 spiro atoms. The number of anilines is 2. The summed E-state index contributed by atoms with van der Waals surface area (Å²) in [6.45, 7) is 5.19. The molecule has 2 heterocycles. The van der Waals surface area contributed by atoms with Gasteiger partial charge in [0.05, 0.1) is 18.4 Å². The third-order valence-corrected chi connectivity index (χ3v) is 5.04. The van der Waals surface area contributed by atoms with Crippen molar-refractivity contribution in [3.8, 4) is 5.88 Å². The van der Waals surface area contributed by atoms with Crippen molar-refractivity contribution in [3.63, 3.8) is 0 Å². The Hall–Kier alpha value is -5.28. The van der Waals surface area contributed by atoms with Gasteiger partial charge in [-0.05, 0) is 51.5 Å². The number of hydrazine groups is 1. The second-order valence-electron chi connectivity index (χ2n) is 9.45. The molecule has 1 aromatic carbocycles. The van der Waals surface area contributed by atoms with Gasteiger partial charge in [0.25, 0.3) is 5.91 Å². The maximum atomic E-state index is 12.6. The fourth-order valence-electron chi connectivity index (χ4n) is 3.22. The van der Waals surface area contributed by atoms with Crippen molar-refractivity contribution in [2.45, 2.75) is 51.8 Å². The average Bonchev–Trinajstić information content (AvgIpc) is 2.87. The molecule has 16 nitrogen and oxygen atoms in total. The standard InChI is InChI=1S/C24H29N9O7/c1-24(2,3)40-23(39)33-32-16(34)9-8-15(21(37)38)29-19(35)12-4-6-13(7-5-12)26-10-14-11-27-18-17(28-14)20(36)31-22(25)30-18/h4-7,11,15,26H,8-10H2,1-3H3,(H,29,35)(H,32,34)(H,33,39)(H,37,38)(H3,25,27,30,31,36)/t15-/m0/s1. The molecule has 1 atom stereocenters. The Kier molecular flexibility index (Phi) is 9.16. The summed E-state index contributed by atoms with van der Waals surface area (Å²) < 4.78 is 4.98. The number of aliphatic carboxylic acids is 1. The van der Waals surface area contributed by atoms with E-state index in [2.05, 4.69) is 41.4 Å². The first-order chi connectivity index (χ1) is 18.8. The van der Waals surface area contributed by atoms with Crippen molar-refractivity contribution < 1.29 is 34.1 Å². The number of hydrogen-bond acceptors (Lipinski definition) is 12. The number of fused-ring (bicyclic) bond motifs is 1. The number of benzene rings is 1. The molecular weight excluding hydrogens is 526 g/mol. The number of carbonyl (C=O) groups is 4. The molecule has 40 heavy (non-hydrogen) atoms. The Labute approximate surface area is 227 Å². The first-order valence-electron chi connectivity index (χ1n) is 11.9. The van der Waals surface area contributed by atoms with Gasteiger partial charge in [0.1, 0.15) is 11.6 Å². The SMILES string of the molecule is CC(C)(C)OC(=O)NNC(=O)CC[C@H](NC(=O)c1ccc(NCc2cnc3nc(N)nc(O)c3n2)cc1)C(=O)O. The fraction of sp³-hybridized carbons (Fsp3) is 0.333. The third kappa shape index (κ3) is 8.64. The highest BCUT2D eigenvalue weighted by atomic mass is 16.6. The molecule has 8 N–H and O–H groups in total. The summed E-state index contributed by atoms with van der Waals surface area (Å²) in [4.78, 5) is 63.7. The van der Waals surface area contributed by atoms with E-state index in [1.54, 1.807) is 32.9 Å². The first kappa shape index (κ1) is 29.3. The van der Waals surface area contributed by atoms with E-state index in [4.69, 9.17) is 10.5 Å². The Bertz CT molecular complexity index is 1410. The second kappa shape index (κ2) is 12.5. The lowest BCUT2D eigenvalue weighted by Crippen LogP contribution is -2.45. The van der Waals surface area contributed by atoms with Crippen molar-refractivity contribution in [3.05, 3.63) is 41.7 Å². The van der Waals surface area contributed by atoms with Crippen LogP contribution >= 0.6 is 0 Å². The summed E-state index contributed by atoms with van der Waals surface area (Å²) in [7, 11) is 0. The van der Waals surface area contributed by atoms with E-state index in [1.807, 2.05) is 0 Å². The van der Waals surface area contributed by atoms with E-state index in [-0.39, 0.29) is 47.9 Å².